The Morgan fingerprint density at radius 2 is 1.87 bits per heavy atom. The van der Waals surface area contributed by atoms with Crippen molar-refractivity contribution in [1.82, 2.24) is 4.90 Å². The van der Waals surface area contributed by atoms with E-state index in [2.05, 4.69) is 4.74 Å². The molecular weight excluding hydrogens is 204 g/mol. The van der Waals surface area contributed by atoms with Crippen LogP contribution in [-0.2, 0) is 11.3 Å². The Kier molecular flexibility index (Phi) is 3.60. The van der Waals surface area contributed by atoms with E-state index in [1.54, 1.807) is 0 Å². The Labute approximate surface area is 86.3 Å². The highest BCUT2D eigenvalue weighted by Gasteiger charge is 2.09. The number of amides is 1. The van der Waals surface area contributed by atoms with Gasteiger partial charge in [0.1, 0.15) is 11.6 Å². The third kappa shape index (κ3) is 3.19. The van der Waals surface area contributed by atoms with E-state index in [9.17, 15) is 13.6 Å². The van der Waals surface area contributed by atoms with E-state index in [0.29, 0.717) is 5.56 Å². The molecule has 5 heteroatoms. The lowest BCUT2D eigenvalue weighted by Crippen LogP contribution is -2.25. The van der Waals surface area contributed by atoms with E-state index in [4.69, 9.17) is 0 Å². The molecule has 0 aliphatic carbocycles. The Morgan fingerprint density at radius 3 is 2.33 bits per heavy atom. The summed E-state index contributed by atoms with van der Waals surface area (Å²) in [6.45, 7) is 0.0986. The molecule has 0 aliphatic heterocycles. The summed E-state index contributed by atoms with van der Waals surface area (Å²) in [6, 6.07) is 3.12. The number of nitrogens with zero attached hydrogens (tertiary/aromatic N) is 1. The second-order valence-electron chi connectivity index (χ2n) is 3.10. The average Bonchev–Trinajstić information content (AvgIpc) is 2.14. The van der Waals surface area contributed by atoms with Gasteiger partial charge in [-0.25, -0.2) is 13.6 Å². The zero-order chi connectivity index (χ0) is 11.4. The third-order valence-corrected chi connectivity index (χ3v) is 1.83. The molecule has 1 aromatic rings. The number of rotatable bonds is 2. The van der Waals surface area contributed by atoms with E-state index < -0.39 is 17.7 Å². The summed E-state index contributed by atoms with van der Waals surface area (Å²) in [6.07, 6.45) is -0.556. The highest BCUT2D eigenvalue weighted by Crippen LogP contribution is 2.10. The molecule has 1 rings (SSSR count). The van der Waals surface area contributed by atoms with Crippen LogP contribution in [0.3, 0.4) is 0 Å². The normalized spacial score (nSPS) is 9.87. The molecule has 1 aromatic carbocycles. The SMILES string of the molecule is COC(=O)N(C)Cc1cc(F)cc(F)c1. The van der Waals surface area contributed by atoms with E-state index in [1.807, 2.05) is 0 Å². The van der Waals surface area contributed by atoms with Gasteiger partial charge in [0.25, 0.3) is 0 Å². The van der Waals surface area contributed by atoms with Crippen molar-refractivity contribution < 1.29 is 18.3 Å². The third-order valence-electron chi connectivity index (χ3n) is 1.83. The summed E-state index contributed by atoms with van der Waals surface area (Å²) >= 11 is 0. The molecule has 0 unspecified atom stereocenters. The van der Waals surface area contributed by atoms with Crippen LogP contribution in [0.1, 0.15) is 5.56 Å². The lowest BCUT2D eigenvalue weighted by Gasteiger charge is -2.15. The minimum atomic E-state index is -0.664. The standard InChI is InChI=1S/C10H11F2NO2/c1-13(10(14)15-2)6-7-3-8(11)5-9(12)4-7/h3-5H,6H2,1-2H3. The molecule has 0 heterocycles. The van der Waals surface area contributed by atoms with Crippen LogP contribution >= 0.6 is 0 Å². The maximum absolute atomic E-state index is 12.8. The second kappa shape index (κ2) is 4.72. The minimum Gasteiger partial charge on any atom is -0.453 e. The van der Waals surface area contributed by atoms with Gasteiger partial charge in [0.2, 0.25) is 0 Å². The van der Waals surface area contributed by atoms with Crippen LogP contribution in [0.25, 0.3) is 0 Å². The molecule has 0 saturated carbocycles. The maximum atomic E-state index is 12.8. The highest BCUT2D eigenvalue weighted by atomic mass is 19.1. The van der Waals surface area contributed by atoms with Gasteiger partial charge in [0, 0.05) is 19.7 Å². The van der Waals surface area contributed by atoms with Gasteiger partial charge in [-0.15, -0.1) is 0 Å². The first kappa shape index (κ1) is 11.4. The summed E-state index contributed by atoms with van der Waals surface area (Å²) in [5.41, 5.74) is 0.375. The van der Waals surface area contributed by atoms with Gasteiger partial charge in [0.15, 0.2) is 0 Å². The van der Waals surface area contributed by atoms with Gasteiger partial charge in [-0.3, -0.25) is 0 Å². The fourth-order valence-corrected chi connectivity index (χ4v) is 1.20. The van der Waals surface area contributed by atoms with Crippen molar-refractivity contribution in [1.29, 1.82) is 0 Å². The Hall–Kier alpha value is -1.65. The summed E-state index contributed by atoms with van der Waals surface area (Å²) in [7, 11) is 2.72. The van der Waals surface area contributed by atoms with Crippen LogP contribution in [0.4, 0.5) is 13.6 Å². The Balaban J connectivity index is 2.76. The summed E-state index contributed by atoms with van der Waals surface area (Å²) in [4.78, 5) is 12.2. The number of ether oxygens (including phenoxy) is 1. The number of hydrogen-bond acceptors (Lipinski definition) is 2. The van der Waals surface area contributed by atoms with E-state index in [-0.39, 0.29) is 6.54 Å². The fourth-order valence-electron chi connectivity index (χ4n) is 1.20. The highest BCUT2D eigenvalue weighted by molar-refractivity contribution is 5.66. The van der Waals surface area contributed by atoms with Crippen LogP contribution in [0.2, 0.25) is 0 Å². The van der Waals surface area contributed by atoms with Crippen molar-refractivity contribution >= 4 is 6.09 Å². The molecule has 3 nitrogen and oxygen atoms in total. The Morgan fingerprint density at radius 1 is 1.33 bits per heavy atom. The predicted molar refractivity (Wildman–Crippen MR) is 50.2 cm³/mol. The van der Waals surface area contributed by atoms with Crippen LogP contribution in [0, 0.1) is 11.6 Å². The molecule has 0 atom stereocenters. The number of carbonyl (C=O) groups is 1. The van der Waals surface area contributed by atoms with E-state index in [1.165, 1.54) is 31.2 Å². The first-order chi connectivity index (χ1) is 7.02. The minimum absolute atomic E-state index is 0.0986. The lowest BCUT2D eigenvalue weighted by molar-refractivity contribution is 0.131. The van der Waals surface area contributed by atoms with Crippen molar-refractivity contribution in [3.8, 4) is 0 Å². The van der Waals surface area contributed by atoms with Crippen molar-refractivity contribution in [3.63, 3.8) is 0 Å². The smallest absolute Gasteiger partial charge is 0.409 e. The van der Waals surface area contributed by atoms with Gasteiger partial charge in [-0.05, 0) is 17.7 Å². The topological polar surface area (TPSA) is 29.5 Å². The molecule has 15 heavy (non-hydrogen) atoms. The van der Waals surface area contributed by atoms with Gasteiger partial charge in [0.05, 0.1) is 7.11 Å². The van der Waals surface area contributed by atoms with Crippen LogP contribution in [-0.4, -0.2) is 25.2 Å². The predicted octanol–water partition coefficient (Wildman–Crippen LogP) is 2.16. The van der Waals surface area contributed by atoms with Gasteiger partial charge in [-0.2, -0.15) is 0 Å². The summed E-state index contributed by atoms with van der Waals surface area (Å²) in [5, 5.41) is 0. The van der Waals surface area contributed by atoms with Gasteiger partial charge in [-0.1, -0.05) is 0 Å². The molecule has 1 amide bonds. The number of benzene rings is 1. The Bertz CT molecular complexity index is 348. The maximum Gasteiger partial charge on any atom is 0.409 e. The largest absolute Gasteiger partial charge is 0.453 e. The zero-order valence-corrected chi connectivity index (χ0v) is 8.46. The molecule has 0 bridgehead atoms. The van der Waals surface area contributed by atoms with Crippen molar-refractivity contribution in [3.05, 3.63) is 35.4 Å². The van der Waals surface area contributed by atoms with Crippen LogP contribution in [0.5, 0.6) is 0 Å². The first-order valence-electron chi connectivity index (χ1n) is 4.27. The first-order valence-corrected chi connectivity index (χ1v) is 4.27. The molecular formula is C10H11F2NO2. The fraction of sp³-hybridized carbons (Fsp3) is 0.300. The summed E-state index contributed by atoms with van der Waals surface area (Å²) < 4.78 is 30.0. The second-order valence-corrected chi connectivity index (χ2v) is 3.10. The number of hydrogen-bond donors (Lipinski definition) is 0. The molecule has 0 aromatic heterocycles. The molecule has 0 fully saturated rings. The van der Waals surface area contributed by atoms with Gasteiger partial charge >= 0.3 is 6.09 Å². The zero-order valence-electron chi connectivity index (χ0n) is 8.46. The monoisotopic (exact) mass is 215 g/mol. The quantitative estimate of drug-likeness (QED) is 0.756. The van der Waals surface area contributed by atoms with Gasteiger partial charge < -0.3 is 9.64 Å². The van der Waals surface area contributed by atoms with E-state index >= 15 is 0 Å². The summed E-state index contributed by atoms with van der Waals surface area (Å²) in [5.74, 6) is -1.33. The van der Waals surface area contributed by atoms with Crippen molar-refractivity contribution in [2.24, 2.45) is 0 Å². The number of halogens is 2. The number of methoxy groups -OCH3 is 1. The molecule has 0 saturated heterocycles. The lowest BCUT2D eigenvalue weighted by atomic mass is 10.2. The van der Waals surface area contributed by atoms with E-state index in [0.717, 1.165) is 6.07 Å². The van der Waals surface area contributed by atoms with Crippen molar-refractivity contribution in [2.75, 3.05) is 14.2 Å². The van der Waals surface area contributed by atoms with Crippen molar-refractivity contribution in [2.45, 2.75) is 6.54 Å². The molecule has 0 N–H and O–H groups in total. The molecule has 0 aliphatic rings. The van der Waals surface area contributed by atoms with Crippen LogP contribution < -0.4 is 0 Å². The number of carbonyl (C=O) groups excluding carboxylic acids is 1. The molecule has 82 valence electrons. The molecule has 0 radical (unpaired) electrons. The molecule has 0 spiro atoms. The van der Waals surface area contributed by atoms with Crippen LogP contribution in [0.15, 0.2) is 18.2 Å². The average molecular weight is 215 g/mol.